The van der Waals surface area contributed by atoms with Gasteiger partial charge in [-0.3, -0.25) is 4.79 Å². The molecule has 0 aliphatic carbocycles. The molecule has 0 radical (unpaired) electrons. The van der Waals surface area contributed by atoms with Gasteiger partial charge < -0.3 is 15.2 Å². The number of fused-ring (bicyclic) bond motifs is 1. The third kappa shape index (κ3) is 5.59. The van der Waals surface area contributed by atoms with E-state index >= 15 is 0 Å². The molecule has 0 saturated heterocycles. The van der Waals surface area contributed by atoms with Gasteiger partial charge in [-0.05, 0) is 37.5 Å². The molecule has 2 aromatic carbocycles. The van der Waals surface area contributed by atoms with Crippen molar-refractivity contribution in [1.82, 2.24) is 5.32 Å². The first-order chi connectivity index (χ1) is 13.7. The van der Waals surface area contributed by atoms with Gasteiger partial charge in [-0.1, -0.05) is 74.9 Å². The number of amides is 1. The summed E-state index contributed by atoms with van der Waals surface area (Å²) in [6.07, 6.45) is 9.75. The third-order valence-electron chi connectivity index (χ3n) is 5.38. The number of nitrogens with one attached hydrogen (secondary N) is 1. The van der Waals surface area contributed by atoms with Crippen molar-refractivity contribution >= 4 is 5.91 Å². The molecular formula is C24H31NO3. The zero-order valence-corrected chi connectivity index (χ0v) is 16.5. The van der Waals surface area contributed by atoms with Crippen molar-refractivity contribution in [2.45, 2.75) is 63.5 Å². The van der Waals surface area contributed by atoms with E-state index in [4.69, 9.17) is 4.74 Å². The van der Waals surface area contributed by atoms with E-state index < -0.39 is 5.72 Å². The molecule has 4 heteroatoms. The van der Waals surface area contributed by atoms with Gasteiger partial charge in [0.1, 0.15) is 5.75 Å². The smallest absolute Gasteiger partial charge is 0.254 e. The molecule has 150 valence electrons. The fraction of sp³-hybridized carbons (Fsp3) is 0.458. The second-order valence-electron chi connectivity index (χ2n) is 7.60. The average Bonchev–Trinajstić information content (AvgIpc) is 2.98. The van der Waals surface area contributed by atoms with Gasteiger partial charge in [0, 0.05) is 11.1 Å². The van der Waals surface area contributed by atoms with Crippen LogP contribution in [0.3, 0.4) is 0 Å². The van der Waals surface area contributed by atoms with Crippen LogP contribution in [0.15, 0.2) is 54.6 Å². The van der Waals surface area contributed by atoms with Gasteiger partial charge in [-0.25, -0.2) is 0 Å². The van der Waals surface area contributed by atoms with Gasteiger partial charge in [0.05, 0.1) is 6.61 Å². The Hall–Kier alpha value is -2.33. The first kappa shape index (κ1) is 20.4. The van der Waals surface area contributed by atoms with Crippen LogP contribution in [0.5, 0.6) is 5.75 Å². The molecule has 0 bridgehead atoms. The number of benzene rings is 2. The summed E-state index contributed by atoms with van der Waals surface area (Å²) in [5.74, 6) is 0.777. The number of ether oxygens (including phenoxy) is 1. The lowest BCUT2D eigenvalue weighted by Gasteiger charge is -2.23. The lowest BCUT2D eigenvalue weighted by Crippen LogP contribution is -2.39. The van der Waals surface area contributed by atoms with E-state index in [9.17, 15) is 9.90 Å². The molecule has 2 aromatic rings. The van der Waals surface area contributed by atoms with Crippen molar-refractivity contribution in [1.29, 1.82) is 0 Å². The number of hydrogen-bond acceptors (Lipinski definition) is 3. The van der Waals surface area contributed by atoms with Crippen molar-refractivity contribution in [3.63, 3.8) is 0 Å². The molecule has 1 amide bonds. The van der Waals surface area contributed by atoms with Crippen LogP contribution >= 0.6 is 0 Å². The van der Waals surface area contributed by atoms with Gasteiger partial charge in [0.25, 0.3) is 5.91 Å². The summed E-state index contributed by atoms with van der Waals surface area (Å²) in [5.41, 5.74) is 0.130. The number of unbranched alkanes of at least 4 members (excludes halogenated alkanes) is 7. The zero-order chi connectivity index (χ0) is 19.7. The standard InChI is InChI=1S/C24H31NO3/c26-23-21-16-10-11-17-22(21)24(27,25-23)18-12-5-3-1-2-4-6-13-19-28-20-14-8-7-9-15-20/h7-11,14-17,27H,1-6,12-13,18-19H2,(H,25,26). The van der Waals surface area contributed by atoms with E-state index in [1.807, 2.05) is 48.5 Å². The number of carbonyl (C=O) groups excluding carboxylic acids is 1. The highest BCUT2D eigenvalue weighted by molar-refractivity contribution is 5.99. The molecule has 4 nitrogen and oxygen atoms in total. The quantitative estimate of drug-likeness (QED) is 0.499. The summed E-state index contributed by atoms with van der Waals surface area (Å²) in [6.45, 7) is 0.787. The second kappa shape index (κ2) is 10.3. The number of para-hydroxylation sites is 1. The van der Waals surface area contributed by atoms with Crippen molar-refractivity contribution in [2.24, 2.45) is 0 Å². The largest absolute Gasteiger partial charge is 0.494 e. The van der Waals surface area contributed by atoms with Crippen molar-refractivity contribution in [2.75, 3.05) is 6.61 Å². The van der Waals surface area contributed by atoms with E-state index in [-0.39, 0.29) is 5.91 Å². The first-order valence-electron chi connectivity index (χ1n) is 10.5. The maximum absolute atomic E-state index is 12.0. The van der Waals surface area contributed by atoms with Gasteiger partial charge in [-0.15, -0.1) is 0 Å². The van der Waals surface area contributed by atoms with Crippen LogP contribution in [0.25, 0.3) is 0 Å². The van der Waals surface area contributed by atoms with E-state index in [0.717, 1.165) is 37.2 Å². The normalized spacial score (nSPS) is 18.0. The molecule has 2 N–H and O–H groups in total. The summed E-state index contributed by atoms with van der Waals surface area (Å²) in [7, 11) is 0. The van der Waals surface area contributed by atoms with Crippen LogP contribution < -0.4 is 10.1 Å². The molecule has 1 aliphatic rings. The minimum absolute atomic E-state index is 0.172. The van der Waals surface area contributed by atoms with Crippen molar-refractivity contribution in [3.05, 3.63) is 65.7 Å². The van der Waals surface area contributed by atoms with E-state index in [2.05, 4.69) is 5.32 Å². The number of hydrogen-bond donors (Lipinski definition) is 2. The Morgan fingerprint density at radius 1 is 0.786 bits per heavy atom. The highest BCUT2D eigenvalue weighted by Crippen LogP contribution is 2.33. The van der Waals surface area contributed by atoms with Crippen molar-refractivity contribution in [3.8, 4) is 5.75 Å². The lowest BCUT2D eigenvalue weighted by molar-refractivity contribution is 0.00320. The maximum Gasteiger partial charge on any atom is 0.254 e. The fourth-order valence-corrected chi connectivity index (χ4v) is 3.81. The molecule has 1 aliphatic heterocycles. The molecule has 3 rings (SSSR count). The topological polar surface area (TPSA) is 58.6 Å². The predicted octanol–water partition coefficient (Wildman–Crippen LogP) is 5.17. The Kier molecular flexibility index (Phi) is 7.49. The minimum atomic E-state index is -1.19. The first-order valence-corrected chi connectivity index (χ1v) is 10.5. The molecular weight excluding hydrogens is 350 g/mol. The van der Waals surface area contributed by atoms with E-state index in [0.29, 0.717) is 12.0 Å². The Morgan fingerprint density at radius 3 is 2.14 bits per heavy atom. The maximum atomic E-state index is 12.0. The highest BCUT2D eigenvalue weighted by Gasteiger charge is 2.40. The number of aliphatic hydroxyl groups is 1. The second-order valence-corrected chi connectivity index (χ2v) is 7.60. The third-order valence-corrected chi connectivity index (χ3v) is 5.38. The Labute approximate surface area is 167 Å². The summed E-state index contributed by atoms with van der Waals surface area (Å²) < 4.78 is 5.70. The van der Waals surface area contributed by atoms with Gasteiger partial charge in [0.2, 0.25) is 0 Å². The summed E-state index contributed by atoms with van der Waals surface area (Å²) >= 11 is 0. The minimum Gasteiger partial charge on any atom is -0.494 e. The summed E-state index contributed by atoms with van der Waals surface area (Å²) in [4.78, 5) is 12.0. The summed E-state index contributed by atoms with van der Waals surface area (Å²) in [5, 5.41) is 13.5. The number of rotatable bonds is 12. The van der Waals surface area contributed by atoms with Gasteiger partial charge >= 0.3 is 0 Å². The van der Waals surface area contributed by atoms with Crippen LogP contribution in [0.1, 0.15) is 73.7 Å². The van der Waals surface area contributed by atoms with Crippen LogP contribution in [0, 0.1) is 0 Å². The lowest BCUT2D eigenvalue weighted by atomic mass is 9.96. The zero-order valence-electron chi connectivity index (χ0n) is 16.5. The van der Waals surface area contributed by atoms with Crippen LogP contribution in [-0.2, 0) is 5.72 Å². The molecule has 1 atom stereocenters. The van der Waals surface area contributed by atoms with Gasteiger partial charge in [0.15, 0.2) is 5.72 Å². The van der Waals surface area contributed by atoms with Crippen LogP contribution in [-0.4, -0.2) is 17.6 Å². The van der Waals surface area contributed by atoms with E-state index in [1.165, 1.54) is 32.1 Å². The molecule has 0 spiro atoms. The van der Waals surface area contributed by atoms with Crippen molar-refractivity contribution < 1.29 is 14.6 Å². The predicted molar refractivity (Wildman–Crippen MR) is 111 cm³/mol. The molecule has 1 heterocycles. The molecule has 0 saturated carbocycles. The average molecular weight is 382 g/mol. The highest BCUT2D eigenvalue weighted by atomic mass is 16.5. The van der Waals surface area contributed by atoms with Crippen LogP contribution in [0.2, 0.25) is 0 Å². The van der Waals surface area contributed by atoms with Gasteiger partial charge in [-0.2, -0.15) is 0 Å². The molecule has 0 aromatic heterocycles. The van der Waals surface area contributed by atoms with Crippen LogP contribution in [0.4, 0.5) is 0 Å². The Bertz CT molecular complexity index is 747. The SMILES string of the molecule is O=C1NC(O)(CCCCCCCCCCOc2ccccc2)c2ccccc21. The Balaban J connectivity index is 1.20. The molecule has 1 unspecified atom stereocenters. The Morgan fingerprint density at radius 2 is 1.39 bits per heavy atom. The molecule has 0 fully saturated rings. The fourth-order valence-electron chi connectivity index (χ4n) is 3.81. The molecule has 28 heavy (non-hydrogen) atoms. The summed E-state index contributed by atoms with van der Waals surface area (Å²) in [6, 6.07) is 17.3. The van der Waals surface area contributed by atoms with E-state index in [1.54, 1.807) is 6.07 Å². The monoisotopic (exact) mass is 381 g/mol. The number of carbonyl (C=O) groups is 1.